The highest BCUT2D eigenvalue weighted by Gasteiger charge is 2.01. The van der Waals surface area contributed by atoms with Gasteiger partial charge in [-0.1, -0.05) is 25.2 Å². The fraction of sp³-hybridized carbons (Fsp3) is 0.375. The molecule has 0 N–H and O–H groups in total. The molecule has 0 saturated heterocycles. The predicted molar refractivity (Wildman–Crippen MR) is 37.1 cm³/mol. The lowest BCUT2D eigenvalue weighted by molar-refractivity contribution is -0.104. The summed E-state index contributed by atoms with van der Waals surface area (Å²) in [6.07, 6.45) is 7.86. The molecule has 1 unspecified atom stereocenters. The van der Waals surface area contributed by atoms with Crippen molar-refractivity contribution in [2.24, 2.45) is 5.92 Å². The highest BCUT2D eigenvalue weighted by molar-refractivity contribution is 5.77. The summed E-state index contributed by atoms with van der Waals surface area (Å²) >= 11 is 0. The van der Waals surface area contributed by atoms with Crippen LogP contribution in [0.25, 0.3) is 0 Å². The Morgan fingerprint density at radius 1 is 1.78 bits per heavy atom. The molecule has 1 aliphatic rings. The lowest BCUT2D eigenvalue weighted by atomic mass is 9.99. The van der Waals surface area contributed by atoms with Gasteiger partial charge < -0.3 is 0 Å². The van der Waals surface area contributed by atoms with Crippen LogP contribution < -0.4 is 0 Å². The van der Waals surface area contributed by atoms with Crippen molar-refractivity contribution in [2.75, 3.05) is 0 Å². The zero-order valence-corrected chi connectivity index (χ0v) is 5.50. The molecule has 0 bridgehead atoms. The molecule has 1 atom stereocenters. The van der Waals surface area contributed by atoms with E-state index in [1.807, 2.05) is 18.2 Å². The second-order valence-electron chi connectivity index (χ2n) is 2.40. The van der Waals surface area contributed by atoms with Crippen molar-refractivity contribution in [3.8, 4) is 0 Å². The highest BCUT2D eigenvalue weighted by atomic mass is 16.1. The first-order valence-corrected chi connectivity index (χ1v) is 3.16. The number of hydrogen-bond acceptors (Lipinski definition) is 1. The first kappa shape index (κ1) is 6.27. The zero-order valence-electron chi connectivity index (χ0n) is 5.50. The molecular weight excluding hydrogens is 112 g/mol. The van der Waals surface area contributed by atoms with Gasteiger partial charge in [-0.3, -0.25) is 4.79 Å². The largest absolute Gasteiger partial charge is 0.298 e. The molecule has 48 valence electrons. The van der Waals surface area contributed by atoms with Gasteiger partial charge in [-0.05, 0) is 12.3 Å². The Bertz CT molecular complexity index is 165. The number of allylic oxidation sites excluding steroid dienone is 4. The van der Waals surface area contributed by atoms with Crippen molar-refractivity contribution in [2.45, 2.75) is 13.3 Å². The topological polar surface area (TPSA) is 17.1 Å². The molecule has 0 aromatic carbocycles. The number of rotatable bonds is 1. The summed E-state index contributed by atoms with van der Waals surface area (Å²) in [5.41, 5.74) is 0.814. The van der Waals surface area contributed by atoms with Crippen LogP contribution in [0.2, 0.25) is 0 Å². The second kappa shape index (κ2) is 2.62. The summed E-state index contributed by atoms with van der Waals surface area (Å²) in [6, 6.07) is 0. The molecule has 9 heavy (non-hydrogen) atoms. The van der Waals surface area contributed by atoms with Crippen LogP contribution in [0.15, 0.2) is 23.8 Å². The van der Waals surface area contributed by atoms with Crippen molar-refractivity contribution in [1.82, 2.24) is 0 Å². The van der Waals surface area contributed by atoms with Crippen molar-refractivity contribution < 1.29 is 4.79 Å². The monoisotopic (exact) mass is 122 g/mol. The van der Waals surface area contributed by atoms with Crippen LogP contribution in [0.1, 0.15) is 13.3 Å². The van der Waals surface area contributed by atoms with Crippen LogP contribution in [0.5, 0.6) is 0 Å². The Balaban J connectivity index is 2.70. The summed E-state index contributed by atoms with van der Waals surface area (Å²) in [5.74, 6) is 0.537. The van der Waals surface area contributed by atoms with Gasteiger partial charge >= 0.3 is 0 Å². The average molecular weight is 122 g/mol. The first-order chi connectivity index (χ1) is 4.33. The molecule has 1 rings (SSSR count). The van der Waals surface area contributed by atoms with Gasteiger partial charge in [-0.25, -0.2) is 0 Å². The van der Waals surface area contributed by atoms with E-state index in [1.165, 1.54) is 0 Å². The molecule has 0 spiro atoms. The minimum atomic E-state index is 0.537. The van der Waals surface area contributed by atoms with Gasteiger partial charge in [-0.15, -0.1) is 0 Å². The third kappa shape index (κ3) is 1.53. The lowest BCUT2D eigenvalue weighted by Gasteiger charge is -2.06. The smallest absolute Gasteiger partial charge is 0.149 e. The number of carbonyl (C=O) groups excluding carboxylic acids is 1. The summed E-state index contributed by atoms with van der Waals surface area (Å²) in [7, 11) is 0. The van der Waals surface area contributed by atoms with E-state index >= 15 is 0 Å². The van der Waals surface area contributed by atoms with Gasteiger partial charge in [0.2, 0.25) is 0 Å². The summed E-state index contributed by atoms with van der Waals surface area (Å²) in [6.45, 7) is 2.10. The normalized spacial score (nSPS) is 25.4. The van der Waals surface area contributed by atoms with Crippen LogP contribution in [0.3, 0.4) is 0 Å². The molecule has 1 heteroatoms. The van der Waals surface area contributed by atoms with Gasteiger partial charge in [0, 0.05) is 5.57 Å². The van der Waals surface area contributed by atoms with Crippen molar-refractivity contribution in [1.29, 1.82) is 0 Å². The average Bonchev–Trinajstić information content (AvgIpc) is 1.88. The maximum atomic E-state index is 10.2. The molecule has 0 amide bonds. The van der Waals surface area contributed by atoms with Crippen LogP contribution >= 0.6 is 0 Å². The second-order valence-corrected chi connectivity index (χ2v) is 2.40. The van der Waals surface area contributed by atoms with Crippen molar-refractivity contribution in [3.05, 3.63) is 23.8 Å². The van der Waals surface area contributed by atoms with Crippen LogP contribution in [-0.2, 0) is 4.79 Å². The molecule has 0 aromatic rings. The molecule has 0 aromatic heterocycles. The molecule has 0 saturated carbocycles. The van der Waals surface area contributed by atoms with Crippen molar-refractivity contribution in [3.63, 3.8) is 0 Å². The Morgan fingerprint density at radius 2 is 2.56 bits per heavy atom. The van der Waals surface area contributed by atoms with E-state index in [0.717, 1.165) is 18.3 Å². The Kier molecular flexibility index (Phi) is 1.83. The van der Waals surface area contributed by atoms with Gasteiger partial charge in [0.15, 0.2) is 0 Å². The molecule has 0 fully saturated rings. The van der Waals surface area contributed by atoms with E-state index in [-0.39, 0.29) is 0 Å². The SMILES string of the molecule is CC1C=C(C=O)C=CC1. The minimum Gasteiger partial charge on any atom is -0.298 e. The number of aldehydes is 1. The maximum Gasteiger partial charge on any atom is 0.149 e. The van der Waals surface area contributed by atoms with Gasteiger partial charge in [0.05, 0.1) is 0 Å². The molecule has 0 heterocycles. The van der Waals surface area contributed by atoms with E-state index in [1.54, 1.807) is 0 Å². The van der Waals surface area contributed by atoms with Gasteiger partial charge in [-0.2, -0.15) is 0 Å². The fourth-order valence-corrected chi connectivity index (χ4v) is 0.949. The van der Waals surface area contributed by atoms with Gasteiger partial charge in [0.1, 0.15) is 6.29 Å². The molecule has 0 aliphatic heterocycles. The summed E-state index contributed by atoms with van der Waals surface area (Å²) < 4.78 is 0. The quantitative estimate of drug-likeness (QED) is 0.484. The zero-order chi connectivity index (χ0) is 6.69. The predicted octanol–water partition coefficient (Wildman–Crippen LogP) is 1.71. The first-order valence-electron chi connectivity index (χ1n) is 3.16. The third-order valence-corrected chi connectivity index (χ3v) is 1.43. The molecule has 1 nitrogen and oxygen atoms in total. The van der Waals surface area contributed by atoms with Crippen LogP contribution in [-0.4, -0.2) is 6.29 Å². The summed E-state index contributed by atoms with van der Waals surface area (Å²) in [4.78, 5) is 10.2. The van der Waals surface area contributed by atoms with Gasteiger partial charge in [0.25, 0.3) is 0 Å². The number of hydrogen-bond donors (Lipinski definition) is 0. The molecular formula is C8H10O. The van der Waals surface area contributed by atoms with E-state index < -0.39 is 0 Å². The Morgan fingerprint density at radius 3 is 3.00 bits per heavy atom. The Labute approximate surface area is 55.1 Å². The van der Waals surface area contributed by atoms with E-state index in [2.05, 4.69) is 6.92 Å². The van der Waals surface area contributed by atoms with E-state index in [0.29, 0.717) is 5.92 Å². The van der Waals surface area contributed by atoms with Crippen LogP contribution in [0.4, 0.5) is 0 Å². The van der Waals surface area contributed by atoms with Crippen molar-refractivity contribution >= 4 is 6.29 Å². The minimum absolute atomic E-state index is 0.537. The third-order valence-electron chi connectivity index (χ3n) is 1.43. The summed E-state index contributed by atoms with van der Waals surface area (Å²) in [5, 5.41) is 0. The van der Waals surface area contributed by atoms with Crippen LogP contribution in [0, 0.1) is 5.92 Å². The fourth-order valence-electron chi connectivity index (χ4n) is 0.949. The van der Waals surface area contributed by atoms with E-state index in [9.17, 15) is 4.79 Å². The molecule has 1 aliphatic carbocycles. The molecule has 0 radical (unpaired) electrons. The number of carbonyl (C=O) groups is 1. The van der Waals surface area contributed by atoms with E-state index in [4.69, 9.17) is 0 Å². The Hall–Kier alpha value is -0.850. The lowest BCUT2D eigenvalue weighted by Crippen LogP contribution is -1.95. The standard InChI is InChI=1S/C8H10O/c1-7-3-2-4-8(5-7)6-9/h2,4-7H,3H2,1H3. The maximum absolute atomic E-state index is 10.2. The highest BCUT2D eigenvalue weighted by Crippen LogP contribution is 2.13.